The minimum atomic E-state index is -0.517. The normalized spacial score (nSPS) is 11.0. The summed E-state index contributed by atoms with van der Waals surface area (Å²) in [5.74, 6) is -0.332. The predicted octanol–water partition coefficient (Wildman–Crippen LogP) is 5.08. The van der Waals surface area contributed by atoms with Crippen LogP contribution in [-0.4, -0.2) is 17.7 Å². The number of nitrogens with zero attached hydrogens (tertiary/aromatic N) is 2. The van der Waals surface area contributed by atoms with Gasteiger partial charge in [0.1, 0.15) is 0 Å². The first-order chi connectivity index (χ1) is 11.6. The Morgan fingerprint density at radius 3 is 2.71 bits per heavy atom. The van der Waals surface area contributed by atoms with Crippen molar-refractivity contribution in [1.29, 1.82) is 0 Å². The van der Waals surface area contributed by atoms with Gasteiger partial charge in [-0.3, -0.25) is 0 Å². The molecule has 0 aliphatic carbocycles. The Labute approximate surface area is 147 Å². The molecule has 0 unspecified atom stereocenters. The number of carbonyl (C=O) groups excluding carboxylic acids is 1. The Morgan fingerprint density at radius 2 is 1.96 bits per heavy atom. The number of amides is 2. The predicted molar refractivity (Wildman–Crippen MR) is 96.8 cm³/mol. The molecular formula is C17H24FN3O2S. The summed E-state index contributed by atoms with van der Waals surface area (Å²) >= 11 is 4.15. The number of urea groups is 1. The van der Waals surface area contributed by atoms with Crippen molar-refractivity contribution in [2.45, 2.75) is 51.9 Å². The van der Waals surface area contributed by atoms with Crippen LogP contribution < -0.4 is 9.62 Å². The molecule has 2 amide bonds. The van der Waals surface area contributed by atoms with Gasteiger partial charge in [-0.1, -0.05) is 69.5 Å². The monoisotopic (exact) mass is 353 g/mol. The van der Waals surface area contributed by atoms with Gasteiger partial charge < -0.3 is 9.84 Å². The van der Waals surface area contributed by atoms with Gasteiger partial charge in [0.05, 0.1) is 5.39 Å². The molecule has 2 rings (SSSR count). The molecule has 0 aliphatic heterocycles. The van der Waals surface area contributed by atoms with Crippen LogP contribution in [0.3, 0.4) is 0 Å². The number of hydrogen-bond acceptors (Lipinski definition) is 4. The lowest BCUT2D eigenvalue weighted by Crippen LogP contribution is -2.34. The molecule has 1 heterocycles. The van der Waals surface area contributed by atoms with E-state index in [1.165, 1.54) is 44.2 Å². The summed E-state index contributed by atoms with van der Waals surface area (Å²) in [5.41, 5.74) is 0.0198. The molecule has 0 radical (unpaired) electrons. The number of rotatable bonds is 9. The fraction of sp³-hybridized carbons (Fsp3) is 0.529. The Hall–Kier alpha value is -1.76. The van der Waals surface area contributed by atoms with Crippen molar-refractivity contribution in [2.75, 3.05) is 10.8 Å². The first-order valence-electron chi connectivity index (χ1n) is 8.46. The van der Waals surface area contributed by atoms with Gasteiger partial charge in [0.2, 0.25) is 5.58 Å². The van der Waals surface area contributed by atoms with Crippen molar-refractivity contribution in [1.82, 2.24) is 10.5 Å². The van der Waals surface area contributed by atoms with E-state index in [-0.39, 0.29) is 11.4 Å². The molecule has 7 heteroatoms. The maximum atomic E-state index is 13.6. The number of benzene rings is 1. The lowest BCUT2D eigenvalue weighted by atomic mass is 10.1. The van der Waals surface area contributed by atoms with Crippen LogP contribution in [0, 0.1) is 5.82 Å². The average Bonchev–Trinajstić information content (AvgIpc) is 3.02. The molecule has 0 aliphatic rings. The van der Waals surface area contributed by atoms with Crippen LogP contribution in [0.2, 0.25) is 0 Å². The molecular weight excluding hydrogens is 329 g/mol. The van der Waals surface area contributed by atoms with Gasteiger partial charge >= 0.3 is 6.03 Å². The Kier molecular flexibility index (Phi) is 7.36. The third-order valence-electron chi connectivity index (χ3n) is 3.88. The molecule has 0 spiro atoms. The molecule has 0 atom stereocenters. The topological polar surface area (TPSA) is 58.4 Å². The Morgan fingerprint density at radius 1 is 1.25 bits per heavy atom. The summed E-state index contributed by atoms with van der Waals surface area (Å²) < 4.78 is 19.6. The van der Waals surface area contributed by atoms with E-state index in [4.69, 9.17) is 4.52 Å². The van der Waals surface area contributed by atoms with Crippen molar-refractivity contribution < 1.29 is 13.7 Å². The van der Waals surface area contributed by atoms with Crippen LogP contribution in [0.5, 0.6) is 0 Å². The van der Waals surface area contributed by atoms with Crippen LogP contribution in [0.15, 0.2) is 22.7 Å². The second-order valence-electron chi connectivity index (χ2n) is 5.79. The minimum Gasteiger partial charge on any atom is -0.351 e. The maximum Gasteiger partial charge on any atom is 0.333 e. The fourth-order valence-electron chi connectivity index (χ4n) is 2.52. The number of thiol groups is 1. The molecule has 1 aromatic heterocycles. The first-order valence-corrected chi connectivity index (χ1v) is 8.86. The van der Waals surface area contributed by atoms with E-state index in [1.807, 2.05) is 0 Å². The molecule has 0 fully saturated rings. The largest absolute Gasteiger partial charge is 0.351 e. The molecule has 2 aromatic rings. The van der Waals surface area contributed by atoms with Gasteiger partial charge in [0.15, 0.2) is 11.6 Å². The smallest absolute Gasteiger partial charge is 0.333 e. The van der Waals surface area contributed by atoms with Crippen molar-refractivity contribution in [3.8, 4) is 0 Å². The van der Waals surface area contributed by atoms with Crippen LogP contribution in [0.4, 0.5) is 15.0 Å². The Balaban J connectivity index is 1.77. The quantitative estimate of drug-likeness (QED) is 0.488. The summed E-state index contributed by atoms with van der Waals surface area (Å²) in [6.07, 6.45) is 8.27. The summed E-state index contributed by atoms with van der Waals surface area (Å²) in [6, 6.07) is 4.05. The van der Waals surface area contributed by atoms with E-state index in [1.54, 1.807) is 6.07 Å². The van der Waals surface area contributed by atoms with E-state index < -0.39 is 11.8 Å². The van der Waals surface area contributed by atoms with Crippen molar-refractivity contribution in [3.63, 3.8) is 0 Å². The molecule has 5 nitrogen and oxygen atoms in total. The second-order valence-corrected chi connectivity index (χ2v) is 6.19. The number of carbonyl (C=O) groups is 1. The zero-order valence-corrected chi connectivity index (χ0v) is 14.8. The first kappa shape index (κ1) is 18.6. The van der Waals surface area contributed by atoms with Crippen molar-refractivity contribution in [2.24, 2.45) is 0 Å². The van der Waals surface area contributed by atoms with Gasteiger partial charge in [0, 0.05) is 6.54 Å². The van der Waals surface area contributed by atoms with Crippen LogP contribution >= 0.6 is 12.8 Å². The molecule has 0 saturated carbocycles. The minimum absolute atomic E-state index is 0.0198. The zero-order chi connectivity index (χ0) is 17.4. The molecule has 0 bridgehead atoms. The summed E-state index contributed by atoms with van der Waals surface area (Å²) in [4.78, 5) is 12.1. The van der Waals surface area contributed by atoms with E-state index in [0.717, 1.165) is 17.1 Å². The number of unbranched alkanes of at least 4 members (excludes halogenated alkanes) is 6. The van der Waals surface area contributed by atoms with Crippen molar-refractivity contribution in [3.05, 3.63) is 24.0 Å². The van der Waals surface area contributed by atoms with Crippen molar-refractivity contribution >= 4 is 35.6 Å². The number of hydrogen-bond donors (Lipinski definition) is 2. The third-order valence-corrected chi connectivity index (χ3v) is 4.25. The highest BCUT2D eigenvalue weighted by molar-refractivity contribution is 7.82. The second kappa shape index (κ2) is 9.52. The molecule has 1 aromatic carbocycles. The molecule has 1 N–H and O–H groups in total. The lowest BCUT2D eigenvalue weighted by Gasteiger charge is -2.13. The van der Waals surface area contributed by atoms with Gasteiger partial charge in [-0.25, -0.2) is 13.5 Å². The summed E-state index contributed by atoms with van der Waals surface area (Å²) in [5, 5.41) is 6.94. The molecule has 0 saturated heterocycles. The van der Waals surface area contributed by atoms with E-state index >= 15 is 0 Å². The zero-order valence-electron chi connectivity index (χ0n) is 13.9. The van der Waals surface area contributed by atoms with E-state index in [9.17, 15) is 9.18 Å². The molecule has 132 valence electrons. The van der Waals surface area contributed by atoms with Gasteiger partial charge in [0.25, 0.3) is 0 Å². The summed E-state index contributed by atoms with van der Waals surface area (Å²) in [6.45, 7) is 2.78. The number of fused-ring (bicyclic) bond motifs is 1. The fourth-order valence-corrected chi connectivity index (χ4v) is 2.73. The standard InChI is InChI=1S/C17H24FN3O2S/c1-2-3-4-5-6-7-8-12-19-17(22)21(24)16-13-10-9-11-14(18)15(13)23-20-16/h9-11,24H,2-8,12H2,1H3,(H,19,22). The highest BCUT2D eigenvalue weighted by Crippen LogP contribution is 2.28. The molecule has 24 heavy (non-hydrogen) atoms. The SMILES string of the molecule is CCCCCCCCCNC(=O)N(S)c1noc2c(F)cccc12. The highest BCUT2D eigenvalue weighted by atomic mass is 32.1. The highest BCUT2D eigenvalue weighted by Gasteiger charge is 2.20. The number of para-hydroxylation sites is 1. The van der Waals surface area contributed by atoms with Crippen LogP contribution in [-0.2, 0) is 0 Å². The summed E-state index contributed by atoms with van der Waals surface area (Å²) in [7, 11) is 0. The lowest BCUT2D eigenvalue weighted by molar-refractivity contribution is 0.249. The van der Waals surface area contributed by atoms with E-state index in [0.29, 0.717) is 11.9 Å². The maximum absolute atomic E-state index is 13.6. The van der Waals surface area contributed by atoms with Crippen LogP contribution in [0.1, 0.15) is 51.9 Å². The Bertz CT molecular complexity index is 662. The number of aromatic nitrogens is 1. The van der Waals surface area contributed by atoms with Gasteiger partial charge in [-0.15, -0.1) is 0 Å². The number of anilines is 1. The number of halogens is 1. The van der Waals surface area contributed by atoms with E-state index in [2.05, 4.69) is 30.2 Å². The third kappa shape index (κ3) is 4.87. The number of nitrogens with one attached hydrogen (secondary N) is 1. The van der Waals surface area contributed by atoms with Crippen LogP contribution in [0.25, 0.3) is 11.0 Å². The van der Waals surface area contributed by atoms with Gasteiger partial charge in [-0.2, -0.15) is 0 Å². The van der Waals surface area contributed by atoms with Gasteiger partial charge in [-0.05, 0) is 18.6 Å². The average molecular weight is 353 g/mol.